The van der Waals surface area contributed by atoms with E-state index in [1.165, 1.54) is 4.31 Å². The van der Waals surface area contributed by atoms with Crippen molar-refractivity contribution >= 4 is 37.5 Å². The van der Waals surface area contributed by atoms with Crippen molar-refractivity contribution in [3.8, 4) is 0 Å². The maximum Gasteiger partial charge on any atom is 0.239 e. The SMILES string of the molecule is CCCN(CC(=O)Nc1ccccc1Br)S(C)(=O)=O. The molecule has 1 amide bonds. The molecule has 0 bridgehead atoms. The molecule has 0 aliphatic rings. The third-order valence-corrected chi connectivity index (χ3v) is 4.35. The van der Waals surface area contributed by atoms with Crippen LogP contribution in [0.2, 0.25) is 0 Å². The zero-order valence-corrected chi connectivity index (χ0v) is 13.3. The summed E-state index contributed by atoms with van der Waals surface area (Å²) in [7, 11) is -3.36. The van der Waals surface area contributed by atoms with Gasteiger partial charge in [0.2, 0.25) is 15.9 Å². The molecular weight excluding hydrogens is 332 g/mol. The number of rotatable bonds is 6. The van der Waals surface area contributed by atoms with Crippen LogP contribution in [0, 0.1) is 0 Å². The van der Waals surface area contributed by atoms with Crippen LogP contribution < -0.4 is 5.32 Å². The van der Waals surface area contributed by atoms with Gasteiger partial charge >= 0.3 is 0 Å². The average molecular weight is 349 g/mol. The summed E-state index contributed by atoms with van der Waals surface area (Å²) in [6, 6.07) is 7.17. The summed E-state index contributed by atoms with van der Waals surface area (Å²) in [6.07, 6.45) is 1.77. The van der Waals surface area contributed by atoms with Crippen molar-refractivity contribution in [2.45, 2.75) is 13.3 Å². The van der Waals surface area contributed by atoms with Gasteiger partial charge in [-0.15, -0.1) is 0 Å². The minimum Gasteiger partial charge on any atom is -0.324 e. The lowest BCUT2D eigenvalue weighted by molar-refractivity contribution is -0.116. The van der Waals surface area contributed by atoms with Gasteiger partial charge in [0, 0.05) is 11.0 Å². The molecule has 5 nitrogen and oxygen atoms in total. The number of nitrogens with zero attached hydrogens (tertiary/aromatic N) is 1. The van der Waals surface area contributed by atoms with Crippen LogP contribution in [0.3, 0.4) is 0 Å². The van der Waals surface area contributed by atoms with E-state index in [1.807, 2.05) is 13.0 Å². The molecule has 0 atom stereocenters. The predicted octanol–water partition coefficient (Wildman–Crippen LogP) is 2.06. The van der Waals surface area contributed by atoms with Gasteiger partial charge in [0.1, 0.15) is 0 Å². The molecule has 7 heteroatoms. The summed E-state index contributed by atoms with van der Waals surface area (Å²) >= 11 is 3.31. The molecule has 19 heavy (non-hydrogen) atoms. The maximum absolute atomic E-state index is 11.9. The van der Waals surface area contributed by atoms with Crippen LogP contribution in [-0.4, -0.2) is 38.0 Å². The lowest BCUT2D eigenvalue weighted by Crippen LogP contribution is -2.37. The number of hydrogen-bond donors (Lipinski definition) is 1. The summed E-state index contributed by atoms with van der Waals surface area (Å²) in [5, 5.41) is 2.68. The molecule has 1 N–H and O–H groups in total. The lowest BCUT2D eigenvalue weighted by Gasteiger charge is -2.18. The van der Waals surface area contributed by atoms with Crippen molar-refractivity contribution < 1.29 is 13.2 Å². The van der Waals surface area contributed by atoms with E-state index in [9.17, 15) is 13.2 Å². The summed E-state index contributed by atoms with van der Waals surface area (Å²) < 4.78 is 24.9. The molecule has 0 aromatic heterocycles. The standard InChI is InChI=1S/C12H17BrN2O3S/c1-3-8-15(19(2,17)18)9-12(16)14-11-7-5-4-6-10(11)13/h4-7H,3,8-9H2,1-2H3,(H,14,16). The van der Waals surface area contributed by atoms with Crippen molar-refractivity contribution in [2.24, 2.45) is 0 Å². The van der Waals surface area contributed by atoms with Crippen molar-refractivity contribution in [1.29, 1.82) is 0 Å². The molecule has 0 unspecified atom stereocenters. The summed E-state index contributed by atoms with van der Waals surface area (Å²) in [5.74, 6) is -0.356. The molecule has 0 fully saturated rings. The number of carbonyl (C=O) groups is 1. The lowest BCUT2D eigenvalue weighted by atomic mass is 10.3. The van der Waals surface area contributed by atoms with Crippen LogP contribution in [0.25, 0.3) is 0 Å². The molecule has 1 rings (SSSR count). The molecule has 0 radical (unpaired) electrons. The summed E-state index contributed by atoms with van der Waals surface area (Å²) in [6.45, 7) is 2.03. The number of halogens is 1. The van der Waals surface area contributed by atoms with Crippen molar-refractivity contribution in [3.63, 3.8) is 0 Å². The number of anilines is 1. The number of sulfonamides is 1. The Labute approximate surface area is 122 Å². The van der Waals surface area contributed by atoms with E-state index < -0.39 is 10.0 Å². The van der Waals surface area contributed by atoms with Crippen LogP contribution in [0.5, 0.6) is 0 Å². The molecule has 1 aromatic carbocycles. The first kappa shape index (κ1) is 16.1. The predicted molar refractivity (Wildman–Crippen MR) is 79.5 cm³/mol. The Morgan fingerprint density at radius 1 is 1.37 bits per heavy atom. The van der Waals surface area contributed by atoms with Gasteiger partial charge in [-0.2, -0.15) is 4.31 Å². The van der Waals surface area contributed by atoms with E-state index in [2.05, 4.69) is 21.2 Å². The molecule has 0 spiro atoms. The Morgan fingerprint density at radius 2 is 2.00 bits per heavy atom. The van der Waals surface area contributed by atoms with E-state index in [-0.39, 0.29) is 12.5 Å². The van der Waals surface area contributed by atoms with Crippen LogP contribution in [-0.2, 0) is 14.8 Å². The second-order valence-electron chi connectivity index (χ2n) is 4.12. The monoisotopic (exact) mass is 348 g/mol. The molecule has 0 aliphatic carbocycles. The fourth-order valence-electron chi connectivity index (χ4n) is 1.52. The van der Waals surface area contributed by atoms with E-state index in [1.54, 1.807) is 18.2 Å². The molecule has 0 saturated heterocycles. The molecule has 0 aliphatic heterocycles. The molecule has 0 saturated carbocycles. The number of amides is 1. The number of hydrogen-bond acceptors (Lipinski definition) is 3. The maximum atomic E-state index is 11.9. The normalized spacial score (nSPS) is 11.6. The number of carbonyl (C=O) groups excluding carboxylic acids is 1. The van der Waals surface area contributed by atoms with Crippen molar-refractivity contribution in [2.75, 3.05) is 24.7 Å². The summed E-state index contributed by atoms with van der Waals surface area (Å²) in [5.41, 5.74) is 0.623. The van der Waals surface area contributed by atoms with Gasteiger partial charge in [-0.25, -0.2) is 8.42 Å². The van der Waals surface area contributed by atoms with Crippen molar-refractivity contribution in [3.05, 3.63) is 28.7 Å². The van der Waals surface area contributed by atoms with Gasteiger partial charge in [-0.3, -0.25) is 4.79 Å². The Hall–Kier alpha value is -0.920. The second-order valence-corrected chi connectivity index (χ2v) is 6.96. The van der Waals surface area contributed by atoms with Crippen LogP contribution in [0.1, 0.15) is 13.3 Å². The van der Waals surface area contributed by atoms with Gasteiger partial charge in [-0.1, -0.05) is 19.1 Å². The number of para-hydroxylation sites is 1. The fraction of sp³-hybridized carbons (Fsp3) is 0.417. The number of benzene rings is 1. The zero-order valence-electron chi connectivity index (χ0n) is 10.9. The topological polar surface area (TPSA) is 66.5 Å². The highest BCUT2D eigenvalue weighted by atomic mass is 79.9. The molecular formula is C12H17BrN2O3S. The second kappa shape index (κ2) is 7.02. The Balaban J connectivity index is 2.71. The van der Waals surface area contributed by atoms with E-state index >= 15 is 0 Å². The van der Waals surface area contributed by atoms with Gasteiger partial charge in [0.25, 0.3) is 0 Å². The van der Waals surface area contributed by atoms with Crippen LogP contribution in [0.4, 0.5) is 5.69 Å². The largest absolute Gasteiger partial charge is 0.324 e. The Bertz CT molecular complexity index is 546. The van der Waals surface area contributed by atoms with Gasteiger partial charge in [0.05, 0.1) is 18.5 Å². The first-order chi connectivity index (χ1) is 8.84. The van der Waals surface area contributed by atoms with Crippen molar-refractivity contribution in [1.82, 2.24) is 4.31 Å². The Kier molecular flexibility index (Phi) is 5.96. The van der Waals surface area contributed by atoms with Gasteiger partial charge < -0.3 is 5.32 Å². The number of nitrogens with one attached hydrogen (secondary N) is 1. The van der Waals surface area contributed by atoms with Gasteiger partial charge in [0.15, 0.2) is 0 Å². The molecule has 1 aromatic rings. The third-order valence-electron chi connectivity index (χ3n) is 2.41. The van der Waals surface area contributed by atoms with Gasteiger partial charge in [-0.05, 0) is 34.5 Å². The fourth-order valence-corrected chi connectivity index (χ4v) is 2.77. The highest BCUT2D eigenvalue weighted by molar-refractivity contribution is 9.10. The Morgan fingerprint density at radius 3 is 2.53 bits per heavy atom. The minimum absolute atomic E-state index is 0.173. The highest BCUT2D eigenvalue weighted by Gasteiger charge is 2.19. The highest BCUT2D eigenvalue weighted by Crippen LogP contribution is 2.21. The first-order valence-corrected chi connectivity index (χ1v) is 8.48. The van der Waals surface area contributed by atoms with E-state index in [4.69, 9.17) is 0 Å². The minimum atomic E-state index is -3.36. The quantitative estimate of drug-likeness (QED) is 0.855. The zero-order chi connectivity index (χ0) is 14.5. The molecule has 106 valence electrons. The molecule has 0 heterocycles. The van der Waals surface area contributed by atoms with Crippen LogP contribution >= 0.6 is 15.9 Å². The first-order valence-electron chi connectivity index (χ1n) is 5.84. The van der Waals surface area contributed by atoms with E-state index in [0.29, 0.717) is 18.7 Å². The van der Waals surface area contributed by atoms with E-state index in [0.717, 1.165) is 10.7 Å². The summed E-state index contributed by atoms with van der Waals surface area (Å²) in [4.78, 5) is 11.9. The third kappa shape index (κ3) is 5.30. The average Bonchev–Trinajstić information content (AvgIpc) is 2.30. The van der Waals surface area contributed by atoms with Crippen LogP contribution in [0.15, 0.2) is 28.7 Å². The smallest absolute Gasteiger partial charge is 0.239 e.